The first-order valence-electron chi connectivity index (χ1n) is 7.90. The predicted octanol–water partition coefficient (Wildman–Crippen LogP) is 1.11. The Hall–Kier alpha value is -1.92. The van der Waals surface area contributed by atoms with E-state index in [2.05, 4.69) is 10.2 Å². The van der Waals surface area contributed by atoms with Gasteiger partial charge < -0.3 is 15.0 Å². The van der Waals surface area contributed by atoms with Crippen molar-refractivity contribution in [2.24, 2.45) is 0 Å². The lowest BCUT2D eigenvalue weighted by atomic mass is 10.1. The normalized spacial score (nSPS) is 16.9. The van der Waals surface area contributed by atoms with Crippen molar-refractivity contribution in [1.82, 2.24) is 9.80 Å². The number of piperazine rings is 1. The van der Waals surface area contributed by atoms with Gasteiger partial charge in [0.25, 0.3) is 0 Å². The molecule has 1 unspecified atom stereocenters. The van der Waals surface area contributed by atoms with Gasteiger partial charge in [-0.05, 0) is 25.5 Å². The van der Waals surface area contributed by atoms with Crippen molar-refractivity contribution in [3.8, 4) is 0 Å². The largest absolute Gasteiger partial charge is 0.375 e. The van der Waals surface area contributed by atoms with E-state index in [-0.39, 0.29) is 24.5 Å². The number of carbonyl (C=O) groups excluding carboxylic acids is 2. The first-order valence-corrected chi connectivity index (χ1v) is 7.90. The monoisotopic (exact) mass is 319 g/mol. The molecule has 1 saturated heterocycles. The number of methoxy groups -OCH3 is 1. The molecule has 0 radical (unpaired) electrons. The number of amides is 2. The van der Waals surface area contributed by atoms with E-state index in [1.54, 1.807) is 4.90 Å². The molecule has 0 saturated carbocycles. The standard InChI is InChI=1S/C17H25N3O3/c1-13-6-4-5-7-15(13)18-17(22)14(2)19-8-10-20(11-9-19)16(21)12-23-3/h4-7,14H,8-12H2,1-3H3,(H,18,22). The van der Waals surface area contributed by atoms with Crippen molar-refractivity contribution in [3.63, 3.8) is 0 Å². The van der Waals surface area contributed by atoms with Crippen LogP contribution < -0.4 is 5.32 Å². The molecule has 2 rings (SSSR count). The number of rotatable bonds is 5. The molecular formula is C17H25N3O3. The molecule has 126 valence electrons. The molecule has 6 nitrogen and oxygen atoms in total. The highest BCUT2D eigenvalue weighted by Gasteiger charge is 2.27. The van der Waals surface area contributed by atoms with Gasteiger partial charge in [0.15, 0.2) is 0 Å². The van der Waals surface area contributed by atoms with Gasteiger partial charge in [-0.25, -0.2) is 0 Å². The predicted molar refractivity (Wildman–Crippen MR) is 89.3 cm³/mol. The molecule has 0 spiro atoms. The van der Waals surface area contributed by atoms with E-state index in [0.717, 1.165) is 11.3 Å². The number of hydrogen-bond donors (Lipinski definition) is 1. The van der Waals surface area contributed by atoms with Gasteiger partial charge in [0, 0.05) is 39.0 Å². The minimum atomic E-state index is -0.228. The average molecular weight is 319 g/mol. The van der Waals surface area contributed by atoms with E-state index in [4.69, 9.17) is 4.74 Å². The van der Waals surface area contributed by atoms with Crippen molar-refractivity contribution in [3.05, 3.63) is 29.8 Å². The summed E-state index contributed by atoms with van der Waals surface area (Å²) in [6.07, 6.45) is 0. The highest BCUT2D eigenvalue weighted by Crippen LogP contribution is 2.15. The van der Waals surface area contributed by atoms with Gasteiger partial charge in [0.2, 0.25) is 11.8 Å². The van der Waals surface area contributed by atoms with Gasteiger partial charge >= 0.3 is 0 Å². The minimum absolute atomic E-state index is 0.00386. The number of ether oxygens (including phenoxy) is 1. The lowest BCUT2D eigenvalue weighted by molar-refractivity contribution is -0.137. The smallest absolute Gasteiger partial charge is 0.248 e. The summed E-state index contributed by atoms with van der Waals surface area (Å²) < 4.78 is 4.88. The molecule has 1 aliphatic rings. The third kappa shape index (κ3) is 4.53. The quantitative estimate of drug-likeness (QED) is 0.883. The molecule has 23 heavy (non-hydrogen) atoms. The van der Waals surface area contributed by atoms with E-state index >= 15 is 0 Å². The molecule has 0 aromatic heterocycles. The zero-order chi connectivity index (χ0) is 16.8. The molecule has 0 bridgehead atoms. The van der Waals surface area contributed by atoms with Crippen LogP contribution in [0.1, 0.15) is 12.5 Å². The highest BCUT2D eigenvalue weighted by atomic mass is 16.5. The van der Waals surface area contributed by atoms with Gasteiger partial charge in [-0.2, -0.15) is 0 Å². The van der Waals surface area contributed by atoms with Crippen LogP contribution in [-0.2, 0) is 14.3 Å². The van der Waals surface area contributed by atoms with Crippen molar-refractivity contribution in [2.75, 3.05) is 45.2 Å². The number of benzene rings is 1. The van der Waals surface area contributed by atoms with Crippen molar-refractivity contribution in [2.45, 2.75) is 19.9 Å². The van der Waals surface area contributed by atoms with Crippen LogP contribution >= 0.6 is 0 Å². The van der Waals surface area contributed by atoms with Gasteiger partial charge in [-0.3, -0.25) is 14.5 Å². The SMILES string of the molecule is COCC(=O)N1CCN(C(C)C(=O)Nc2ccccc2C)CC1. The average Bonchev–Trinajstić information content (AvgIpc) is 2.56. The molecule has 1 aromatic rings. The van der Waals surface area contributed by atoms with Crippen LogP contribution in [0.3, 0.4) is 0 Å². The molecule has 1 N–H and O–H groups in total. The Morgan fingerprint density at radius 3 is 2.48 bits per heavy atom. The lowest BCUT2D eigenvalue weighted by Gasteiger charge is -2.37. The summed E-state index contributed by atoms with van der Waals surface area (Å²) in [4.78, 5) is 28.1. The zero-order valence-electron chi connectivity index (χ0n) is 14.0. The molecule has 1 atom stereocenters. The third-order valence-corrected chi connectivity index (χ3v) is 4.26. The van der Waals surface area contributed by atoms with Crippen LogP contribution in [0.25, 0.3) is 0 Å². The van der Waals surface area contributed by atoms with E-state index in [1.165, 1.54) is 7.11 Å². The first-order chi connectivity index (χ1) is 11.0. The van der Waals surface area contributed by atoms with Crippen LogP contribution in [-0.4, -0.2) is 67.6 Å². The number of para-hydroxylation sites is 1. The summed E-state index contributed by atoms with van der Waals surface area (Å²) in [5.74, 6) is -0.0138. The minimum Gasteiger partial charge on any atom is -0.375 e. The molecule has 1 aliphatic heterocycles. The Labute approximate surface area is 137 Å². The van der Waals surface area contributed by atoms with Crippen LogP contribution in [0.2, 0.25) is 0 Å². The summed E-state index contributed by atoms with van der Waals surface area (Å²) in [5, 5.41) is 2.98. The lowest BCUT2D eigenvalue weighted by Crippen LogP contribution is -2.54. The highest BCUT2D eigenvalue weighted by molar-refractivity contribution is 5.95. The van der Waals surface area contributed by atoms with Crippen molar-refractivity contribution < 1.29 is 14.3 Å². The Bertz CT molecular complexity index is 554. The first kappa shape index (κ1) is 17.4. The summed E-state index contributed by atoms with van der Waals surface area (Å²) >= 11 is 0. The van der Waals surface area contributed by atoms with Gasteiger partial charge in [-0.1, -0.05) is 18.2 Å². The summed E-state index contributed by atoms with van der Waals surface area (Å²) in [6.45, 7) is 6.63. The van der Waals surface area contributed by atoms with E-state index < -0.39 is 0 Å². The summed E-state index contributed by atoms with van der Waals surface area (Å²) in [7, 11) is 1.52. The molecule has 1 fully saturated rings. The number of carbonyl (C=O) groups is 2. The number of nitrogens with zero attached hydrogens (tertiary/aromatic N) is 2. The number of hydrogen-bond acceptors (Lipinski definition) is 4. The van der Waals surface area contributed by atoms with Gasteiger partial charge in [0.1, 0.15) is 6.61 Å². The van der Waals surface area contributed by atoms with Crippen LogP contribution in [0.4, 0.5) is 5.69 Å². The summed E-state index contributed by atoms with van der Waals surface area (Å²) in [6, 6.07) is 7.51. The fraction of sp³-hybridized carbons (Fsp3) is 0.529. The second-order valence-corrected chi connectivity index (χ2v) is 5.83. The third-order valence-electron chi connectivity index (χ3n) is 4.26. The van der Waals surface area contributed by atoms with Crippen molar-refractivity contribution >= 4 is 17.5 Å². The fourth-order valence-electron chi connectivity index (χ4n) is 2.69. The maximum Gasteiger partial charge on any atom is 0.248 e. The van der Waals surface area contributed by atoms with Crippen molar-refractivity contribution in [1.29, 1.82) is 0 Å². The number of aryl methyl sites for hydroxylation is 1. The maximum absolute atomic E-state index is 12.4. The molecular weight excluding hydrogens is 294 g/mol. The number of nitrogens with one attached hydrogen (secondary N) is 1. The fourth-order valence-corrected chi connectivity index (χ4v) is 2.69. The van der Waals surface area contributed by atoms with Crippen LogP contribution in [0, 0.1) is 6.92 Å². The maximum atomic E-state index is 12.4. The molecule has 2 amide bonds. The number of anilines is 1. The molecule has 1 aromatic carbocycles. The topological polar surface area (TPSA) is 61.9 Å². The summed E-state index contributed by atoms with van der Waals surface area (Å²) in [5.41, 5.74) is 1.89. The Morgan fingerprint density at radius 2 is 1.87 bits per heavy atom. The van der Waals surface area contributed by atoms with Gasteiger partial charge in [-0.15, -0.1) is 0 Å². The second kappa shape index (κ2) is 8.08. The van der Waals surface area contributed by atoms with Crippen LogP contribution in [0.5, 0.6) is 0 Å². The molecule has 0 aliphatic carbocycles. The van der Waals surface area contributed by atoms with Crippen LogP contribution in [0.15, 0.2) is 24.3 Å². The Balaban J connectivity index is 1.87. The molecule has 6 heteroatoms. The van der Waals surface area contributed by atoms with E-state index in [9.17, 15) is 9.59 Å². The zero-order valence-corrected chi connectivity index (χ0v) is 14.0. The Morgan fingerprint density at radius 1 is 1.22 bits per heavy atom. The van der Waals surface area contributed by atoms with Gasteiger partial charge in [0.05, 0.1) is 6.04 Å². The second-order valence-electron chi connectivity index (χ2n) is 5.83. The Kier molecular flexibility index (Phi) is 6.12. The van der Waals surface area contributed by atoms with E-state index in [1.807, 2.05) is 38.1 Å². The van der Waals surface area contributed by atoms with E-state index in [0.29, 0.717) is 26.2 Å². The molecule has 1 heterocycles.